The van der Waals surface area contributed by atoms with Crippen LogP contribution in [0.3, 0.4) is 0 Å². The summed E-state index contributed by atoms with van der Waals surface area (Å²) in [5.41, 5.74) is 1.21. The minimum absolute atomic E-state index is 0.0527. The molecule has 0 saturated heterocycles. The number of hydrogen-bond acceptors (Lipinski definition) is 2. The number of rotatable bonds is 4. The highest BCUT2D eigenvalue weighted by molar-refractivity contribution is 9.10. The molecule has 3 nitrogen and oxygen atoms in total. The molecular formula is C15H13BrFNO2. The Hall–Kier alpha value is -1.88. The van der Waals surface area contributed by atoms with Crippen LogP contribution in [-0.2, 0) is 0 Å². The predicted octanol–water partition coefficient (Wildman–Crippen LogP) is 4.46. The van der Waals surface area contributed by atoms with Crippen LogP contribution in [0.2, 0.25) is 0 Å². The molecule has 0 aromatic heterocycles. The Bertz CT molecular complexity index is 628. The average molecular weight is 338 g/mol. The van der Waals surface area contributed by atoms with Crippen LogP contribution in [0.15, 0.2) is 46.9 Å². The van der Waals surface area contributed by atoms with E-state index in [9.17, 15) is 9.18 Å². The molecule has 0 fully saturated rings. The largest absolute Gasteiger partial charge is 0.478 e. The summed E-state index contributed by atoms with van der Waals surface area (Å²) < 4.78 is 14.7. The maximum absolute atomic E-state index is 13.7. The van der Waals surface area contributed by atoms with Crippen LogP contribution >= 0.6 is 15.9 Å². The van der Waals surface area contributed by atoms with Crippen molar-refractivity contribution < 1.29 is 14.3 Å². The smallest absolute Gasteiger partial charge is 0.335 e. The van der Waals surface area contributed by atoms with Gasteiger partial charge in [-0.25, -0.2) is 9.18 Å². The summed E-state index contributed by atoms with van der Waals surface area (Å²) in [6.07, 6.45) is 0. The fourth-order valence-corrected chi connectivity index (χ4v) is 2.10. The minimum atomic E-state index is -1.08. The van der Waals surface area contributed by atoms with E-state index in [1.807, 2.05) is 31.2 Å². The van der Waals surface area contributed by atoms with Gasteiger partial charge in [0.2, 0.25) is 0 Å². The van der Waals surface area contributed by atoms with Crippen LogP contribution in [-0.4, -0.2) is 11.1 Å². The first-order valence-electron chi connectivity index (χ1n) is 6.02. The van der Waals surface area contributed by atoms with Gasteiger partial charge in [-0.15, -0.1) is 0 Å². The molecule has 20 heavy (non-hydrogen) atoms. The number of benzene rings is 2. The number of carbonyl (C=O) groups is 1. The van der Waals surface area contributed by atoms with Crippen LogP contribution in [0.1, 0.15) is 28.9 Å². The van der Waals surface area contributed by atoms with E-state index in [-0.39, 0.29) is 17.3 Å². The third kappa shape index (κ3) is 3.36. The monoisotopic (exact) mass is 337 g/mol. The van der Waals surface area contributed by atoms with E-state index in [2.05, 4.69) is 21.2 Å². The van der Waals surface area contributed by atoms with Crippen molar-refractivity contribution in [2.75, 3.05) is 5.32 Å². The molecule has 5 heteroatoms. The molecule has 0 spiro atoms. The summed E-state index contributed by atoms with van der Waals surface area (Å²) >= 11 is 3.35. The zero-order valence-corrected chi connectivity index (χ0v) is 12.3. The quantitative estimate of drug-likeness (QED) is 0.865. The van der Waals surface area contributed by atoms with E-state index < -0.39 is 11.8 Å². The first-order chi connectivity index (χ1) is 9.47. The lowest BCUT2D eigenvalue weighted by Crippen LogP contribution is -2.09. The average Bonchev–Trinajstić information content (AvgIpc) is 2.41. The van der Waals surface area contributed by atoms with Gasteiger partial charge in [0.15, 0.2) is 0 Å². The molecule has 0 aliphatic heterocycles. The standard InChI is InChI=1S/C15H13BrFNO2/c1-9(10-2-5-12(16)6-3-10)18-14-8-11(15(19)20)4-7-13(14)17/h2-9,18H,1H3,(H,19,20). The van der Waals surface area contributed by atoms with Crippen molar-refractivity contribution in [1.82, 2.24) is 0 Å². The minimum Gasteiger partial charge on any atom is -0.478 e. The zero-order chi connectivity index (χ0) is 14.7. The highest BCUT2D eigenvalue weighted by Crippen LogP contribution is 2.24. The SMILES string of the molecule is CC(Nc1cc(C(=O)O)ccc1F)c1ccc(Br)cc1. The first kappa shape index (κ1) is 14.5. The van der Waals surface area contributed by atoms with Gasteiger partial charge < -0.3 is 10.4 Å². The Kier molecular flexibility index (Phi) is 4.39. The van der Waals surface area contributed by atoms with Gasteiger partial charge in [-0.05, 0) is 42.8 Å². The van der Waals surface area contributed by atoms with Crippen LogP contribution in [0, 0.1) is 5.82 Å². The number of nitrogens with one attached hydrogen (secondary N) is 1. The van der Waals surface area contributed by atoms with Crippen molar-refractivity contribution in [2.45, 2.75) is 13.0 Å². The number of halogens is 2. The molecule has 0 saturated carbocycles. The molecule has 0 radical (unpaired) electrons. The van der Waals surface area contributed by atoms with Crippen LogP contribution in [0.4, 0.5) is 10.1 Å². The summed E-state index contributed by atoms with van der Waals surface area (Å²) in [5, 5.41) is 11.9. The van der Waals surface area contributed by atoms with E-state index in [4.69, 9.17) is 5.11 Å². The molecule has 2 rings (SSSR count). The lowest BCUT2D eigenvalue weighted by Gasteiger charge is -2.16. The fourth-order valence-electron chi connectivity index (χ4n) is 1.84. The number of anilines is 1. The number of hydrogen-bond donors (Lipinski definition) is 2. The third-order valence-corrected chi connectivity index (χ3v) is 3.48. The summed E-state index contributed by atoms with van der Waals surface area (Å²) in [4.78, 5) is 10.9. The Balaban J connectivity index is 2.22. The van der Waals surface area contributed by atoms with Crippen molar-refractivity contribution in [1.29, 1.82) is 0 Å². The molecule has 104 valence electrons. The fraction of sp³-hybridized carbons (Fsp3) is 0.133. The van der Waals surface area contributed by atoms with Crippen LogP contribution in [0.5, 0.6) is 0 Å². The number of carboxylic acid groups (broad SMARTS) is 1. The topological polar surface area (TPSA) is 49.3 Å². The second-order valence-corrected chi connectivity index (χ2v) is 5.33. The maximum atomic E-state index is 13.7. The van der Waals surface area contributed by atoms with Gasteiger partial charge in [-0.2, -0.15) is 0 Å². The van der Waals surface area contributed by atoms with E-state index in [1.165, 1.54) is 12.1 Å². The molecule has 0 aliphatic rings. The van der Waals surface area contributed by atoms with Gasteiger partial charge in [-0.3, -0.25) is 0 Å². The molecule has 2 aromatic carbocycles. The Morgan fingerprint density at radius 3 is 2.50 bits per heavy atom. The molecule has 0 amide bonds. The second kappa shape index (κ2) is 6.05. The molecule has 1 atom stereocenters. The normalized spacial score (nSPS) is 11.9. The summed E-state index contributed by atoms with van der Waals surface area (Å²) in [5.74, 6) is -1.55. The van der Waals surface area contributed by atoms with Crippen molar-refractivity contribution in [3.8, 4) is 0 Å². The predicted molar refractivity (Wildman–Crippen MR) is 79.5 cm³/mol. The molecule has 2 aromatic rings. The molecular weight excluding hydrogens is 325 g/mol. The van der Waals surface area contributed by atoms with Gasteiger partial charge in [-0.1, -0.05) is 28.1 Å². The van der Waals surface area contributed by atoms with Crippen molar-refractivity contribution in [3.05, 3.63) is 63.9 Å². The van der Waals surface area contributed by atoms with E-state index in [1.54, 1.807) is 0 Å². The lowest BCUT2D eigenvalue weighted by atomic mass is 10.1. The van der Waals surface area contributed by atoms with Gasteiger partial charge in [0.25, 0.3) is 0 Å². The van der Waals surface area contributed by atoms with Gasteiger partial charge in [0.05, 0.1) is 11.3 Å². The second-order valence-electron chi connectivity index (χ2n) is 4.42. The van der Waals surface area contributed by atoms with Gasteiger partial charge >= 0.3 is 5.97 Å². The van der Waals surface area contributed by atoms with Crippen LogP contribution < -0.4 is 5.32 Å². The highest BCUT2D eigenvalue weighted by Gasteiger charge is 2.11. The summed E-state index contributed by atoms with van der Waals surface area (Å²) in [6.45, 7) is 1.89. The van der Waals surface area contributed by atoms with Crippen LogP contribution in [0.25, 0.3) is 0 Å². The van der Waals surface area contributed by atoms with Gasteiger partial charge in [0.1, 0.15) is 5.82 Å². The first-order valence-corrected chi connectivity index (χ1v) is 6.81. The number of carboxylic acids is 1. The highest BCUT2D eigenvalue weighted by atomic mass is 79.9. The van der Waals surface area contributed by atoms with Gasteiger partial charge in [0, 0.05) is 10.5 Å². The Morgan fingerprint density at radius 2 is 1.90 bits per heavy atom. The zero-order valence-electron chi connectivity index (χ0n) is 10.7. The maximum Gasteiger partial charge on any atom is 0.335 e. The Morgan fingerprint density at radius 1 is 1.25 bits per heavy atom. The van der Waals surface area contributed by atoms with E-state index in [0.717, 1.165) is 16.1 Å². The summed E-state index contributed by atoms with van der Waals surface area (Å²) in [6, 6.07) is 11.2. The third-order valence-electron chi connectivity index (χ3n) is 2.96. The van der Waals surface area contributed by atoms with Crippen molar-refractivity contribution >= 4 is 27.6 Å². The molecule has 0 bridgehead atoms. The Labute approximate surface area is 124 Å². The van der Waals surface area contributed by atoms with E-state index in [0.29, 0.717) is 0 Å². The molecule has 0 heterocycles. The molecule has 2 N–H and O–H groups in total. The summed E-state index contributed by atoms with van der Waals surface area (Å²) in [7, 11) is 0. The van der Waals surface area contributed by atoms with E-state index >= 15 is 0 Å². The van der Waals surface area contributed by atoms with Crippen molar-refractivity contribution in [3.63, 3.8) is 0 Å². The molecule has 0 aliphatic carbocycles. The lowest BCUT2D eigenvalue weighted by molar-refractivity contribution is 0.0697. The van der Waals surface area contributed by atoms with Crippen molar-refractivity contribution in [2.24, 2.45) is 0 Å². The molecule has 1 unspecified atom stereocenters. The number of aromatic carboxylic acids is 1.